The molecule has 0 unspecified atom stereocenters. The molecule has 0 aliphatic heterocycles. The van der Waals surface area contributed by atoms with Crippen molar-refractivity contribution < 1.29 is 35.2 Å². The van der Waals surface area contributed by atoms with E-state index in [2.05, 4.69) is 20.0 Å². The van der Waals surface area contributed by atoms with Gasteiger partial charge in [0.15, 0.2) is 0 Å². The third-order valence-corrected chi connectivity index (χ3v) is 7.26. The molecular formula is C24H18F4N4O4S. The van der Waals surface area contributed by atoms with Crippen LogP contribution in [0.25, 0.3) is 22.2 Å². The fraction of sp³-hybridized carbons (Fsp3) is 0.208. The van der Waals surface area contributed by atoms with E-state index in [1.165, 1.54) is 24.4 Å². The van der Waals surface area contributed by atoms with Gasteiger partial charge in [0.1, 0.15) is 16.9 Å². The summed E-state index contributed by atoms with van der Waals surface area (Å²) in [7, 11) is -4.22. The van der Waals surface area contributed by atoms with Gasteiger partial charge in [0, 0.05) is 29.4 Å². The predicted octanol–water partition coefficient (Wildman–Crippen LogP) is 4.18. The minimum absolute atomic E-state index is 0.0549. The van der Waals surface area contributed by atoms with Crippen LogP contribution < -0.4 is 10.0 Å². The lowest BCUT2D eigenvalue weighted by molar-refractivity contribution is -0.137. The van der Waals surface area contributed by atoms with Crippen LogP contribution in [0.15, 0.2) is 70.4 Å². The summed E-state index contributed by atoms with van der Waals surface area (Å²) in [4.78, 5) is 20.8. The number of nitrogens with one attached hydrogen (secondary N) is 2. The normalized spacial score (nSPS) is 15.0. The average Bonchev–Trinajstić information content (AvgIpc) is 3.49. The molecule has 13 heteroatoms. The third kappa shape index (κ3) is 5.18. The van der Waals surface area contributed by atoms with E-state index in [1.807, 2.05) is 0 Å². The maximum Gasteiger partial charge on any atom is 0.417 e. The van der Waals surface area contributed by atoms with E-state index in [-0.39, 0.29) is 30.4 Å². The van der Waals surface area contributed by atoms with Gasteiger partial charge in [-0.2, -0.15) is 17.9 Å². The Balaban J connectivity index is 1.26. The van der Waals surface area contributed by atoms with E-state index in [4.69, 9.17) is 4.42 Å². The highest BCUT2D eigenvalue weighted by Crippen LogP contribution is 2.38. The number of carbonyl (C=O) groups is 1. The molecule has 0 radical (unpaired) electrons. The van der Waals surface area contributed by atoms with Gasteiger partial charge in [0.05, 0.1) is 23.5 Å². The summed E-state index contributed by atoms with van der Waals surface area (Å²) in [6, 6.07) is 10.1. The second-order valence-electron chi connectivity index (χ2n) is 8.58. The zero-order valence-electron chi connectivity index (χ0n) is 18.8. The maximum atomic E-state index is 13.4. The Hall–Kier alpha value is -3.84. The SMILES string of the molecule is O=C(NCc1cc(-c2ccc(C(F)(F)F)cn2)ccn1)C1(NS(=O)(=O)c2cc3cc(F)ccc3o2)CC1. The van der Waals surface area contributed by atoms with Crippen molar-refractivity contribution in [3.63, 3.8) is 0 Å². The number of furan rings is 1. The lowest BCUT2D eigenvalue weighted by atomic mass is 10.1. The van der Waals surface area contributed by atoms with Crippen LogP contribution in [0.5, 0.6) is 0 Å². The van der Waals surface area contributed by atoms with Crippen molar-refractivity contribution in [2.24, 2.45) is 0 Å². The second-order valence-corrected chi connectivity index (χ2v) is 10.2. The number of alkyl halides is 3. The number of sulfonamides is 1. The molecule has 2 N–H and O–H groups in total. The molecule has 5 rings (SSSR count). The van der Waals surface area contributed by atoms with E-state index in [9.17, 15) is 30.8 Å². The van der Waals surface area contributed by atoms with Gasteiger partial charge in [-0.25, -0.2) is 12.8 Å². The van der Waals surface area contributed by atoms with Gasteiger partial charge in [-0.1, -0.05) is 0 Å². The van der Waals surface area contributed by atoms with Crippen molar-refractivity contribution >= 4 is 26.9 Å². The topological polar surface area (TPSA) is 114 Å². The van der Waals surface area contributed by atoms with Crippen LogP contribution in [0.2, 0.25) is 0 Å². The number of carbonyl (C=O) groups excluding carboxylic acids is 1. The molecule has 192 valence electrons. The lowest BCUT2D eigenvalue weighted by Crippen LogP contribution is -2.48. The quantitative estimate of drug-likeness (QED) is 0.344. The van der Waals surface area contributed by atoms with Gasteiger partial charge in [0.25, 0.3) is 10.0 Å². The largest absolute Gasteiger partial charge is 0.443 e. The van der Waals surface area contributed by atoms with Gasteiger partial charge < -0.3 is 9.73 Å². The van der Waals surface area contributed by atoms with Crippen LogP contribution in [0.3, 0.4) is 0 Å². The number of hydrogen-bond acceptors (Lipinski definition) is 6. The van der Waals surface area contributed by atoms with Crippen LogP contribution in [-0.2, 0) is 27.5 Å². The molecule has 37 heavy (non-hydrogen) atoms. The lowest BCUT2D eigenvalue weighted by Gasteiger charge is -2.16. The highest BCUT2D eigenvalue weighted by Gasteiger charge is 2.53. The van der Waals surface area contributed by atoms with Gasteiger partial charge in [0.2, 0.25) is 11.0 Å². The maximum absolute atomic E-state index is 13.4. The zero-order chi connectivity index (χ0) is 26.4. The van der Waals surface area contributed by atoms with Crippen molar-refractivity contribution in [2.75, 3.05) is 0 Å². The number of fused-ring (bicyclic) bond motifs is 1. The number of halogens is 4. The Morgan fingerprint density at radius 3 is 2.51 bits per heavy atom. The van der Waals surface area contributed by atoms with Crippen LogP contribution in [-0.4, -0.2) is 29.8 Å². The van der Waals surface area contributed by atoms with Crippen LogP contribution in [0.1, 0.15) is 24.1 Å². The molecule has 1 saturated carbocycles. The smallest absolute Gasteiger partial charge is 0.417 e. The molecule has 4 aromatic rings. The molecule has 1 fully saturated rings. The third-order valence-electron chi connectivity index (χ3n) is 5.87. The Labute approximate surface area is 207 Å². The first kappa shape index (κ1) is 24.8. The molecule has 1 amide bonds. The van der Waals surface area contributed by atoms with Crippen molar-refractivity contribution in [3.8, 4) is 11.3 Å². The van der Waals surface area contributed by atoms with E-state index >= 15 is 0 Å². The predicted molar refractivity (Wildman–Crippen MR) is 123 cm³/mol. The Morgan fingerprint density at radius 1 is 1.05 bits per heavy atom. The van der Waals surface area contributed by atoms with Gasteiger partial charge in [-0.05, 0) is 55.3 Å². The fourth-order valence-corrected chi connectivity index (χ4v) is 5.13. The summed E-state index contributed by atoms with van der Waals surface area (Å²) in [6.45, 7) is -0.0549. The van der Waals surface area contributed by atoms with Crippen molar-refractivity contribution in [1.82, 2.24) is 20.0 Å². The van der Waals surface area contributed by atoms with Crippen molar-refractivity contribution in [2.45, 2.75) is 36.2 Å². The molecule has 3 aromatic heterocycles. The van der Waals surface area contributed by atoms with Crippen LogP contribution in [0, 0.1) is 5.82 Å². The molecular weight excluding hydrogens is 516 g/mol. The molecule has 3 heterocycles. The number of amides is 1. The van der Waals surface area contributed by atoms with Crippen molar-refractivity contribution in [3.05, 3.63) is 78.0 Å². The second kappa shape index (κ2) is 8.92. The summed E-state index contributed by atoms with van der Waals surface area (Å²) >= 11 is 0. The zero-order valence-corrected chi connectivity index (χ0v) is 19.7. The molecule has 0 atom stereocenters. The van der Waals surface area contributed by atoms with E-state index < -0.39 is 44.1 Å². The van der Waals surface area contributed by atoms with Gasteiger partial charge >= 0.3 is 6.18 Å². The highest BCUT2D eigenvalue weighted by atomic mass is 32.2. The standard InChI is InChI=1S/C24H18F4N4O4S/c25-17-2-4-20-15(9-17)11-21(36-20)37(34,35)32-23(6-7-23)22(33)31-13-18-10-14(5-8-29-18)19-3-1-16(12-30-19)24(26,27)28/h1-5,8-12,32H,6-7,13H2,(H,31,33). The Morgan fingerprint density at radius 2 is 1.84 bits per heavy atom. The first-order valence-electron chi connectivity index (χ1n) is 11.0. The molecule has 0 spiro atoms. The Bertz CT molecular complexity index is 1600. The average molecular weight is 534 g/mol. The number of nitrogens with zero attached hydrogens (tertiary/aromatic N) is 2. The summed E-state index contributed by atoms with van der Waals surface area (Å²) in [5.74, 6) is -1.12. The minimum atomic E-state index is -4.50. The van der Waals surface area contributed by atoms with E-state index in [0.717, 1.165) is 24.4 Å². The molecule has 1 aromatic carbocycles. The summed E-state index contributed by atoms with van der Waals surface area (Å²) < 4.78 is 85.1. The number of aromatic nitrogens is 2. The van der Waals surface area contributed by atoms with E-state index in [1.54, 1.807) is 12.1 Å². The number of hydrogen-bond donors (Lipinski definition) is 2. The van der Waals surface area contributed by atoms with Crippen molar-refractivity contribution in [1.29, 1.82) is 0 Å². The number of rotatable bonds is 7. The van der Waals surface area contributed by atoms with E-state index in [0.29, 0.717) is 17.0 Å². The fourth-order valence-electron chi connectivity index (χ4n) is 3.74. The first-order valence-corrected chi connectivity index (χ1v) is 12.4. The summed E-state index contributed by atoms with van der Waals surface area (Å²) in [5.41, 5.74) is -0.869. The van der Waals surface area contributed by atoms with Gasteiger partial charge in [-0.3, -0.25) is 14.8 Å². The first-order chi connectivity index (χ1) is 17.5. The molecule has 1 aliphatic rings. The summed E-state index contributed by atoms with van der Waals surface area (Å²) in [5, 5.41) is 2.47. The molecule has 0 bridgehead atoms. The monoisotopic (exact) mass is 534 g/mol. The van der Waals surface area contributed by atoms with Crippen LogP contribution >= 0.6 is 0 Å². The molecule has 0 saturated heterocycles. The number of pyridine rings is 2. The molecule has 8 nitrogen and oxygen atoms in total. The number of benzene rings is 1. The van der Waals surface area contributed by atoms with Crippen LogP contribution in [0.4, 0.5) is 17.6 Å². The minimum Gasteiger partial charge on any atom is -0.443 e. The molecule has 1 aliphatic carbocycles. The highest BCUT2D eigenvalue weighted by molar-refractivity contribution is 7.89. The Kier molecular flexibility index (Phi) is 5.99. The van der Waals surface area contributed by atoms with Gasteiger partial charge in [-0.15, -0.1) is 0 Å². The summed E-state index contributed by atoms with van der Waals surface area (Å²) in [6.07, 6.45) is -1.82.